The number of benzene rings is 2. The fourth-order valence-electron chi connectivity index (χ4n) is 1.75. The average molecular weight is 261 g/mol. The van der Waals surface area contributed by atoms with Crippen LogP contribution in [0.3, 0.4) is 0 Å². The maximum Gasteiger partial charge on any atom is 0.120 e. The van der Waals surface area contributed by atoms with Crippen molar-refractivity contribution in [3.05, 3.63) is 53.6 Å². The Balaban J connectivity index is 2.26. The molecule has 0 saturated heterocycles. The van der Waals surface area contributed by atoms with E-state index in [9.17, 15) is 0 Å². The number of hydrogen-bond acceptors (Lipinski definition) is 1. The van der Waals surface area contributed by atoms with Crippen LogP contribution in [0.15, 0.2) is 48.5 Å². The van der Waals surface area contributed by atoms with Crippen molar-refractivity contribution < 1.29 is 4.74 Å². The van der Waals surface area contributed by atoms with Gasteiger partial charge in [0.15, 0.2) is 0 Å². The molecule has 2 heteroatoms. The van der Waals surface area contributed by atoms with Gasteiger partial charge >= 0.3 is 0 Å². The summed E-state index contributed by atoms with van der Waals surface area (Å²) in [6.07, 6.45) is 0. The van der Waals surface area contributed by atoms with E-state index >= 15 is 0 Å². The molecule has 0 heterocycles. The SMILES string of the molecule is CC(C)(C)Oc1ccc(-c2ccccc2Cl)cc1. The third-order valence-electron chi connectivity index (χ3n) is 2.46. The Morgan fingerprint density at radius 3 is 2.06 bits per heavy atom. The molecule has 0 amide bonds. The highest BCUT2D eigenvalue weighted by Gasteiger charge is 2.11. The molecule has 0 atom stereocenters. The monoisotopic (exact) mass is 260 g/mol. The molecule has 0 unspecified atom stereocenters. The summed E-state index contributed by atoms with van der Waals surface area (Å²) >= 11 is 6.17. The van der Waals surface area contributed by atoms with Crippen molar-refractivity contribution in [1.29, 1.82) is 0 Å². The van der Waals surface area contributed by atoms with Crippen LogP contribution in [0.5, 0.6) is 5.75 Å². The third kappa shape index (κ3) is 3.27. The van der Waals surface area contributed by atoms with E-state index in [1.54, 1.807) is 0 Å². The van der Waals surface area contributed by atoms with Crippen LogP contribution in [-0.2, 0) is 0 Å². The Kier molecular flexibility index (Phi) is 3.63. The highest BCUT2D eigenvalue weighted by molar-refractivity contribution is 6.33. The molecule has 0 bridgehead atoms. The summed E-state index contributed by atoms with van der Waals surface area (Å²) in [6.45, 7) is 6.11. The van der Waals surface area contributed by atoms with Crippen LogP contribution in [0.1, 0.15) is 20.8 Å². The van der Waals surface area contributed by atoms with Crippen molar-refractivity contribution in [2.75, 3.05) is 0 Å². The van der Waals surface area contributed by atoms with Gasteiger partial charge in [-0.05, 0) is 44.5 Å². The molecule has 0 spiro atoms. The van der Waals surface area contributed by atoms with Gasteiger partial charge in [0.2, 0.25) is 0 Å². The molecule has 0 aliphatic carbocycles. The fraction of sp³-hybridized carbons (Fsp3) is 0.250. The van der Waals surface area contributed by atoms with Crippen molar-refractivity contribution in [3.8, 4) is 16.9 Å². The quantitative estimate of drug-likeness (QED) is 0.723. The molecule has 2 rings (SSSR count). The Morgan fingerprint density at radius 2 is 1.50 bits per heavy atom. The van der Waals surface area contributed by atoms with E-state index in [0.717, 1.165) is 21.9 Å². The molecule has 1 nitrogen and oxygen atoms in total. The Bertz CT molecular complexity index is 524. The zero-order chi connectivity index (χ0) is 13.2. The first kappa shape index (κ1) is 13.0. The zero-order valence-corrected chi connectivity index (χ0v) is 11.7. The van der Waals surface area contributed by atoms with E-state index < -0.39 is 0 Å². The first-order valence-electron chi connectivity index (χ1n) is 6.00. The summed E-state index contributed by atoms with van der Waals surface area (Å²) in [6, 6.07) is 15.8. The molecule has 0 aromatic heterocycles. The van der Waals surface area contributed by atoms with Crippen LogP contribution < -0.4 is 4.74 Å². The van der Waals surface area contributed by atoms with Crippen molar-refractivity contribution in [3.63, 3.8) is 0 Å². The third-order valence-corrected chi connectivity index (χ3v) is 2.79. The van der Waals surface area contributed by atoms with Gasteiger partial charge in [-0.3, -0.25) is 0 Å². The molecular weight excluding hydrogens is 244 g/mol. The number of halogens is 1. The van der Waals surface area contributed by atoms with E-state index in [-0.39, 0.29) is 5.60 Å². The largest absolute Gasteiger partial charge is 0.488 e. The van der Waals surface area contributed by atoms with Crippen LogP contribution in [0.4, 0.5) is 0 Å². The van der Waals surface area contributed by atoms with Gasteiger partial charge in [-0.2, -0.15) is 0 Å². The lowest BCUT2D eigenvalue weighted by atomic mass is 10.1. The summed E-state index contributed by atoms with van der Waals surface area (Å²) in [5.74, 6) is 0.873. The smallest absolute Gasteiger partial charge is 0.120 e. The topological polar surface area (TPSA) is 9.23 Å². The minimum Gasteiger partial charge on any atom is -0.488 e. The van der Waals surface area contributed by atoms with Gasteiger partial charge in [0.25, 0.3) is 0 Å². The lowest BCUT2D eigenvalue weighted by Gasteiger charge is -2.21. The molecule has 0 aliphatic heterocycles. The van der Waals surface area contributed by atoms with Gasteiger partial charge in [0.05, 0.1) is 0 Å². The fourth-order valence-corrected chi connectivity index (χ4v) is 2.00. The maximum absolute atomic E-state index is 6.17. The first-order valence-corrected chi connectivity index (χ1v) is 6.37. The summed E-state index contributed by atoms with van der Waals surface area (Å²) in [5.41, 5.74) is 1.97. The molecule has 94 valence electrons. The van der Waals surface area contributed by atoms with Gasteiger partial charge in [0, 0.05) is 10.6 Å². The first-order chi connectivity index (χ1) is 8.46. The lowest BCUT2D eigenvalue weighted by Crippen LogP contribution is -2.22. The van der Waals surface area contributed by atoms with Gasteiger partial charge in [0.1, 0.15) is 11.4 Å². The standard InChI is InChI=1S/C16H17ClO/c1-16(2,3)18-13-10-8-12(9-11-13)14-6-4-5-7-15(14)17/h4-11H,1-3H3. The van der Waals surface area contributed by atoms with Crippen molar-refractivity contribution >= 4 is 11.6 Å². The summed E-state index contributed by atoms with van der Waals surface area (Å²) < 4.78 is 5.79. The highest BCUT2D eigenvalue weighted by Crippen LogP contribution is 2.29. The van der Waals surface area contributed by atoms with Gasteiger partial charge in [-0.15, -0.1) is 0 Å². The highest BCUT2D eigenvalue weighted by atomic mass is 35.5. The van der Waals surface area contributed by atoms with E-state index in [1.807, 2.05) is 69.3 Å². The average Bonchev–Trinajstić information content (AvgIpc) is 2.29. The van der Waals surface area contributed by atoms with E-state index in [4.69, 9.17) is 16.3 Å². The van der Waals surface area contributed by atoms with E-state index in [2.05, 4.69) is 0 Å². The van der Waals surface area contributed by atoms with Crippen molar-refractivity contribution in [2.45, 2.75) is 26.4 Å². The summed E-state index contributed by atoms with van der Waals surface area (Å²) in [4.78, 5) is 0. The maximum atomic E-state index is 6.17. The summed E-state index contributed by atoms with van der Waals surface area (Å²) in [7, 11) is 0. The Labute approximate surface area is 113 Å². The molecular formula is C16H17ClO. The minimum atomic E-state index is -0.175. The van der Waals surface area contributed by atoms with Crippen LogP contribution in [0, 0.1) is 0 Å². The zero-order valence-electron chi connectivity index (χ0n) is 10.9. The molecule has 2 aromatic rings. The minimum absolute atomic E-state index is 0.175. The normalized spacial score (nSPS) is 11.3. The molecule has 0 fully saturated rings. The number of hydrogen-bond donors (Lipinski definition) is 0. The Hall–Kier alpha value is -1.47. The summed E-state index contributed by atoms with van der Waals surface area (Å²) in [5, 5.41) is 0.766. The van der Waals surface area contributed by atoms with Crippen LogP contribution >= 0.6 is 11.6 Å². The second-order valence-corrected chi connectivity index (χ2v) is 5.63. The lowest BCUT2D eigenvalue weighted by molar-refractivity contribution is 0.131. The van der Waals surface area contributed by atoms with Crippen LogP contribution in [0.25, 0.3) is 11.1 Å². The van der Waals surface area contributed by atoms with Crippen molar-refractivity contribution in [2.24, 2.45) is 0 Å². The molecule has 0 radical (unpaired) electrons. The second-order valence-electron chi connectivity index (χ2n) is 5.22. The molecule has 0 saturated carbocycles. The van der Waals surface area contributed by atoms with Gasteiger partial charge < -0.3 is 4.74 Å². The predicted molar refractivity (Wildman–Crippen MR) is 77.3 cm³/mol. The van der Waals surface area contributed by atoms with Gasteiger partial charge in [-0.25, -0.2) is 0 Å². The van der Waals surface area contributed by atoms with Crippen molar-refractivity contribution in [1.82, 2.24) is 0 Å². The van der Waals surface area contributed by atoms with Gasteiger partial charge in [-0.1, -0.05) is 41.9 Å². The van der Waals surface area contributed by atoms with Crippen LogP contribution in [-0.4, -0.2) is 5.60 Å². The molecule has 0 aliphatic rings. The Morgan fingerprint density at radius 1 is 0.889 bits per heavy atom. The van der Waals surface area contributed by atoms with E-state index in [0.29, 0.717) is 0 Å². The molecule has 0 N–H and O–H groups in total. The second kappa shape index (κ2) is 5.03. The number of ether oxygens (including phenoxy) is 1. The number of rotatable bonds is 2. The molecule has 2 aromatic carbocycles. The predicted octanol–water partition coefficient (Wildman–Crippen LogP) is 5.18. The van der Waals surface area contributed by atoms with Crippen LogP contribution in [0.2, 0.25) is 5.02 Å². The molecule has 18 heavy (non-hydrogen) atoms. The van der Waals surface area contributed by atoms with E-state index in [1.165, 1.54) is 0 Å².